The predicted molar refractivity (Wildman–Crippen MR) is 91.9 cm³/mol. The summed E-state index contributed by atoms with van der Waals surface area (Å²) in [7, 11) is 0. The molecule has 0 aliphatic carbocycles. The molecule has 1 aromatic carbocycles. The second-order valence-electron chi connectivity index (χ2n) is 4.85. The molecule has 0 fully saturated rings. The van der Waals surface area contributed by atoms with Gasteiger partial charge in [-0.25, -0.2) is 0 Å². The van der Waals surface area contributed by atoms with Gasteiger partial charge in [-0.2, -0.15) is 0 Å². The molecular formula is C14H20Cl3N3O2. The maximum Gasteiger partial charge on any atom is 0.253 e. The van der Waals surface area contributed by atoms with Crippen LogP contribution in [0.5, 0.6) is 0 Å². The highest BCUT2D eigenvalue weighted by Gasteiger charge is 2.18. The lowest BCUT2D eigenvalue weighted by atomic mass is 10.2. The Labute approximate surface area is 146 Å². The molecule has 1 rings (SSSR count). The van der Waals surface area contributed by atoms with Gasteiger partial charge in [0.2, 0.25) is 5.91 Å². The minimum atomic E-state index is -0.680. The van der Waals surface area contributed by atoms with Gasteiger partial charge in [0.05, 0.1) is 15.6 Å². The molecule has 0 radical (unpaired) electrons. The molecule has 0 aliphatic heterocycles. The lowest BCUT2D eigenvalue weighted by Gasteiger charge is -2.15. The van der Waals surface area contributed by atoms with Gasteiger partial charge < -0.3 is 16.4 Å². The summed E-state index contributed by atoms with van der Waals surface area (Å²) in [6.45, 7) is 3.92. The van der Waals surface area contributed by atoms with Crippen molar-refractivity contribution in [1.29, 1.82) is 0 Å². The van der Waals surface area contributed by atoms with Crippen LogP contribution in [0.3, 0.4) is 0 Å². The summed E-state index contributed by atoms with van der Waals surface area (Å²) in [5.41, 5.74) is 5.83. The van der Waals surface area contributed by atoms with Crippen molar-refractivity contribution in [3.8, 4) is 0 Å². The molecule has 2 amide bonds. The highest BCUT2D eigenvalue weighted by Crippen LogP contribution is 2.25. The SMILES string of the molecule is CC(N)CCNC(=O)C(C)NC(=O)c1cccc(Cl)c1Cl.Cl. The number of benzene rings is 1. The van der Waals surface area contributed by atoms with Gasteiger partial charge in [-0.3, -0.25) is 9.59 Å². The number of hydrogen-bond acceptors (Lipinski definition) is 3. The van der Waals surface area contributed by atoms with E-state index in [0.717, 1.165) is 0 Å². The highest BCUT2D eigenvalue weighted by atomic mass is 35.5. The summed E-state index contributed by atoms with van der Waals surface area (Å²) in [6, 6.07) is 4.09. The Bertz CT molecular complexity index is 524. The van der Waals surface area contributed by atoms with Crippen LogP contribution in [0.2, 0.25) is 10.0 Å². The van der Waals surface area contributed by atoms with Gasteiger partial charge in [-0.1, -0.05) is 29.3 Å². The topological polar surface area (TPSA) is 84.2 Å². The Balaban J connectivity index is 0.00000441. The standard InChI is InChI=1S/C14H19Cl2N3O2.ClH/c1-8(17)6-7-18-13(20)9(2)19-14(21)10-4-3-5-11(15)12(10)16;/h3-5,8-9H,6-7,17H2,1-2H3,(H,18,20)(H,19,21);1H. The van der Waals surface area contributed by atoms with Crippen LogP contribution in [0.25, 0.3) is 0 Å². The zero-order chi connectivity index (χ0) is 16.0. The van der Waals surface area contributed by atoms with Crippen molar-refractivity contribution in [3.05, 3.63) is 33.8 Å². The van der Waals surface area contributed by atoms with E-state index < -0.39 is 11.9 Å². The zero-order valence-corrected chi connectivity index (χ0v) is 14.7. The summed E-state index contributed by atoms with van der Waals surface area (Å²) in [5, 5.41) is 5.74. The molecule has 0 saturated carbocycles. The van der Waals surface area contributed by atoms with E-state index in [2.05, 4.69) is 10.6 Å². The normalized spacial score (nSPS) is 12.8. The van der Waals surface area contributed by atoms with Crippen molar-refractivity contribution >= 4 is 47.4 Å². The number of carbonyl (C=O) groups excluding carboxylic acids is 2. The third-order valence-electron chi connectivity index (χ3n) is 2.84. The predicted octanol–water partition coefficient (Wildman–Crippen LogP) is 2.39. The number of halogens is 3. The smallest absolute Gasteiger partial charge is 0.253 e. The fourth-order valence-electron chi connectivity index (χ4n) is 1.60. The first-order chi connectivity index (χ1) is 9.82. The maximum atomic E-state index is 12.1. The molecule has 0 aliphatic rings. The highest BCUT2D eigenvalue weighted by molar-refractivity contribution is 6.43. The van der Waals surface area contributed by atoms with Crippen molar-refractivity contribution in [2.24, 2.45) is 5.73 Å². The maximum absolute atomic E-state index is 12.1. The number of nitrogens with two attached hydrogens (primary N) is 1. The fourth-order valence-corrected chi connectivity index (χ4v) is 1.98. The van der Waals surface area contributed by atoms with Crippen LogP contribution in [-0.4, -0.2) is 30.4 Å². The van der Waals surface area contributed by atoms with Crippen molar-refractivity contribution in [1.82, 2.24) is 10.6 Å². The molecular weight excluding hydrogens is 349 g/mol. The van der Waals surface area contributed by atoms with Crippen LogP contribution < -0.4 is 16.4 Å². The van der Waals surface area contributed by atoms with Crippen LogP contribution in [0, 0.1) is 0 Å². The molecule has 5 nitrogen and oxygen atoms in total. The van der Waals surface area contributed by atoms with Crippen molar-refractivity contribution in [2.45, 2.75) is 32.4 Å². The summed E-state index contributed by atoms with van der Waals surface area (Å²) < 4.78 is 0. The minimum absolute atomic E-state index is 0. The quantitative estimate of drug-likeness (QED) is 0.721. The van der Waals surface area contributed by atoms with E-state index in [-0.39, 0.29) is 34.9 Å². The number of rotatable bonds is 6. The number of carbonyl (C=O) groups is 2. The van der Waals surface area contributed by atoms with Crippen LogP contribution in [0.15, 0.2) is 18.2 Å². The lowest BCUT2D eigenvalue weighted by molar-refractivity contribution is -0.122. The first kappa shape index (κ1) is 21.0. The Hall–Kier alpha value is -1.01. The van der Waals surface area contributed by atoms with Gasteiger partial charge in [0.1, 0.15) is 6.04 Å². The molecule has 4 N–H and O–H groups in total. The van der Waals surface area contributed by atoms with E-state index in [0.29, 0.717) is 18.0 Å². The van der Waals surface area contributed by atoms with Crippen LogP contribution in [0.4, 0.5) is 0 Å². The van der Waals surface area contributed by atoms with Crippen molar-refractivity contribution in [3.63, 3.8) is 0 Å². The Kier molecular flexibility index (Phi) is 9.44. The van der Waals surface area contributed by atoms with Gasteiger partial charge in [0.25, 0.3) is 5.91 Å². The minimum Gasteiger partial charge on any atom is -0.354 e. The largest absolute Gasteiger partial charge is 0.354 e. The molecule has 0 spiro atoms. The van der Waals surface area contributed by atoms with Crippen molar-refractivity contribution in [2.75, 3.05) is 6.54 Å². The molecule has 124 valence electrons. The Morgan fingerprint density at radius 2 is 1.91 bits per heavy atom. The molecule has 0 saturated heterocycles. The molecule has 2 unspecified atom stereocenters. The number of hydrogen-bond donors (Lipinski definition) is 3. The molecule has 0 bridgehead atoms. The first-order valence-electron chi connectivity index (χ1n) is 6.61. The second-order valence-corrected chi connectivity index (χ2v) is 5.64. The van der Waals surface area contributed by atoms with Gasteiger partial charge in [0, 0.05) is 12.6 Å². The van der Waals surface area contributed by atoms with Gasteiger partial charge in [-0.05, 0) is 32.4 Å². The van der Waals surface area contributed by atoms with E-state index >= 15 is 0 Å². The van der Waals surface area contributed by atoms with Gasteiger partial charge in [-0.15, -0.1) is 12.4 Å². The van der Waals surface area contributed by atoms with Crippen molar-refractivity contribution < 1.29 is 9.59 Å². The Morgan fingerprint density at radius 3 is 2.50 bits per heavy atom. The van der Waals surface area contributed by atoms with E-state index in [1.54, 1.807) is 25.1 Å². The number of amides is 2. The van der Waals surface area contributed by atoms with Gasteiger partial charge >= 0.3 is 0 Å². The van der Waals surface area contributed by atoms with Crippen LogP contribution in [-0.2, 0) is 4.79 Å². The molecule has 22 heavy (non-hydrogen) atoms. The molecule has 0 aromatic heterocycles. The van der Waals surface area contributed by atoms with Crippen LogP contribution in [0.1, 0.15) is 30.6 Å². The third kappa shape index (κ3) is 6.40. The summed E-state index contributed by atoms with van der Waals surface area (Å²) in [5.74, 6) is -0.723. The van der Waals surface area contributed by atoms with Crippen LogP contribution >= 0.6 is 35.6 Å². The van der Waals surface area contributed by atoms with E-state index in [4.69, 9.17) is 28.9 Å². The molecule has 0 heterocycles. The average Bonchev–Trinajstić information content (AvgIpc) is 2.41. The number of nitrogens with one attached hydrogen (secondary N) is 2. The lowest BCUT2D eigenvalue weighted by Crippen LogP contribution is -2.45. The monoisotopic (exact) mass is 367 g/mol. The molecule has 2 atom stereocenters. The van der Waals surface area contributed by atoms with E-state index in [1.807, 2.05) is 6.92 Å². The summed E-state index contributed by atoms with van der Waals surface area (Å²) in [6.07, 6.45) is 0.673. The summed E-state index contributed by atoms with van der Waals surface area (Å²) in [4.78, 5) is 23.9. The average molecular weight is 369 g/mol. The zero-order valence-electron chi connectivity index (χ0n) is 12.4. The molecule has 8 heteroatoms. The van der Waals surface area contributed by atoms with E-state index in [9.17, 15) is 9.59 Å². The first-order valence-corrected chi connectivity index (χ1v) is 7.36. The van der Waals surface area contributed by atoms with Gasteiger partial charge in [0.15, 0.2) is 0 Å². The third-order valence-corrected chi connectivity index (χ3v) is 3.65. The van der Waals surface area contributed by atoms with E-state index in [1.165, 1.54) is 0 Å². The Morgan fingerprint density at radius 1 is 1.27 bits per heavy atom. The fraction of sp³-hybridized carbons (Fsp3) is 0.429. The summed E-state index contributed by atoms with van der Waals surface area (Å²) >= 11 is 11.8. The molecule has 1 aromatic rings. The second kappa shape index (κ2) is 9.90.